The lowest BCUT2D eigenvalue weighted by molar-refractivity contribution is -0.145. The first-order valence-electron chi connectivity index (χ1n) is 11.9. The van der Waals surface area contributed by atoms with Crippen molar-refractivity contribution in [2.24, 2.45) is 0 Å². The van der Waals surface area contributed by atoms with Crippen LogP contribution in [0, 0.1) is 0 Å². The van der Waals surface area contributed by atoms with Crippen LogP contribution in [0.15, 0.2) is 65.4 Å². The summed E-state index contributed by atoms with van der Waals surface area (Å²) in [5.74, 6) is 0.467. The molecule has 10 heteroatoms. The SMILES string of the molecule is CCOC(=O)CN1CCN(C(=O)C=CCNc2ccc3ncnc(Nc4cccc(Br)c4)c3c2)CC1. The fourth-order valence-electron chi connectivity index (χ4n) is 3.93. The molecule has 0 unspecified atom stereocenters. The van der Waals surface area contributed by atoms with Gasteiger partial charge in [0.1, 0.15) is 12.1 Å². The van der Waals surface area contributed by atoms with Crippen molar-refractivity contribution in [1.29, 1.82) is 0 Å². The predicted molar refractivity (Wildman–Crippen MR) is 144 cm³/mol. The van der Waals surface area contributed by atoms with E-state index in [0.717, 1.165) is 32.6 Å². The van der Waals surface area contributed by atoms with E-state index >= 15 is 0 Å². The molecule has 1 amide bonds. The van der Waals surface area contributed by atoms with Crippen LogP contribution >= 0.6 is 15.9 Å². The smallest absolute Gasteiger partial charge is 0.320 e. The average molecular weight is 553 g/mol. The minimum absolute atomic E-state index is 0.0278. The van der Waals surface area contributed by atoms with Crippen molar-refractivity contribution >= 4 is 55.9 Å². The van der Waals surface area contributed by atoms with Gasteiger partial charge in [0, 0.05) is 60.0 Å². The molecule has 2 N–H and O–H groups in total. The zero-order valence-electron chi connectivity index (χ0n) is 20.1. The minimum Gasteiger partial charge on any atom is -0.465 e. The number of amides is 1. The Balaban J connectivity index is 1.30. The molecule has 36 heavy (non-hydrogen) atoms. The number of nitrogens with one attached hydrogen (secondary N) is 2. The van der Waals surface area contributed by atoms with Gasteiger partial charge in [0.2, 0.25) is 5.91 Å². The number of ether oxygens (including phenoxy) is 1. The molecule has 188 valence electrons. The summed E-state index contributed by atoms with van der Waals surface area (Å²) in [7, 11) is 0. The summed E-state index contributed by atoms with van der Waals surface area (Å²) >= 11 is 3.49. The zero-order valence-corrected chi connectivity index (χ0v) is 21.7. The van der Waals surface area contributed by atoms with Crippen LogP contribution in [0.2, 0.25) is 0 Å². The Kier molecular flexibility index (Phi) is 8.85. The summed E-state index contributed by atoms with van der Waals surface area (Å²) in [5.41, 5.74) is 2.66. The van der Waals surface area contributed by atoms with E-state index in [2.05, 4.69) is 36.5 Å². The third kappa shape index (κ3) is 7.02. The third-order valence-electron chi connectivity index (χ3n) is 5.75. The number of piperazine rings is 1. The highest BCUT2D eigenvalue weighted by atomic mass is 79.9. The molecule has 0 atom stereocenters. The van der Waals surface area contributed by atoms with Gasteiger partial charge in [0.05, 0.1) is 18.7 Å². The number of benzene rings is 2. The molecule has 1 aliphatic rings. The number of carbonyl (C=O) groups is 2. The lowest BCUT2D eigenvalue weighted by Crippen LogP contribution is -2.49. The lowest BCUT2D eigenvalue weighted by atomic mass is 10.2. The molecule has 2 aromatic carbocycles. The largest absolute Gasteiger partial charge is 0.465 e. The van der Waals surface area contributed by atoms with Crippen LogP contribution in [-0.4, -0.2) is 77.5 Å². The summed E-state index contributed by atoms with van der Waals surface area (Å²) in [6, 6.07) is 13.8. The molecule has 2 heterocycles. The second kappa shape index (κ2) is 12.5. The second-order valence-corrected chi connectivity index (χ2v) is 9.19. The van der Waals surface area contributed by atoms with Crippen molar-refractivity contribution in [2.45, 2.75) is 6.92 Å². The Morgan fingerprint density at radius 2 is 1.92 bits per heavy atom. The summed E-state index contributed by atoms with van der Waals surface area (Å²) in [4.78, 5) is 36.7. The Hall–Kier alpha value is -3.50. The molecule has 0 spiro atoms. The zero-order chi connectivity index (χ0) is 25.3. The number of carbonyl (C=O) groups excluding carboxylic acids is 2. The maximum Gasteiger partial charge on any atom is 0.320 e. The van der Waals surface area contributed by atoms with Crippen molar-refractivity contribution in [3.63, 3.8) is 0 Å². The Morgan fingerprint density at radius 3 is 2.69 bits per heavy atom. The first kappa shape index (κ1) is 25.6. The van der Waals surface area contributed by atoms with E-state index < -0.39 is 0 Å². The first-order chi connectivity index (χ1) is 17.5. The molecule has 9 nitrogen and oxygen atoms in total. The number of hydrogen-bond donors (Lipinski definition) is 2. The molecule has 1 aliphatic heterocycles. The van der Waals surface area contributed by atoms with Crippen molar-refractivity contribution < 1.29 is 14.3 Å². The number of esters is 1. The number of halogens is 1. The van der Waals surface area contributed by atoms with Gasteiger partial charge < -0.3 is 20.3 Å². The quantitative estimate of drug-likeness (QED) is 0.305. The van der Waals surface area contributed by atoms with Crippen LogP contribution in [0.25, 0.3) is 10.9 Å². The number of fused-ring (bicyclic) bond motifs is 1. The molecule has 1 aromatic heterocycles. The molecule has 4 rings (SSSR count). The predicted octanol–water partition coefficient (Wildman–Crippen LogP) is 3.81. The van der Waals surface area contributed by atoms with E-state index in [1.165, 1.54) is 0 Å². The topological polar surface area (TPSA) is 99.7 Å². The van der Waals surface area contributed by atoms with E-state index in [4.69, 9.17) is 4.74 Å². The molecule has 1 fully saturated rings. The summed E-state index contributed by atoms with van der Waals surface area (Å²) in [5, 5.41) is 7.57. The van der Waals surface area contributed by atoms with Crippen LogP contribution in [0.1, 0.15) is 6.92 Å². The van der Waals surface area contributed by atoms with E-state index in [-0.39, 0.29) is 18.4 Å². The molecule has 1 saturated heterocycles. The maximum atomic E-state index is 12.5. The fraction of sp³-hybridized carbons (Fsp3) is 0.308. The van der Waals surface area contributed by atoms with E-state index in [1.54, 1.807) is 24.2 Å². The van der Waals surface area contributed by atoms with Crippen LogP contribution in [-0.2, 0) is 14.3 Å². The van der Waals surface area contributed by atoms with Gasteiger partial charge in [-0.05, 0) is 43.3 Å². The normalized spacial score (nSPS) is 14.2. The lowest BCUT2D eigenvalue weighted by Gasteiger charge is -2.33. The Bertz CT molecular complexity index is 1240. The highest BCUT2D eigenvalue weighted by Gasteiger charge is 2.21. The van der Waals surface area contributed by atoms with Gasteiger partial charge in [0.25, 0.3) is 0 Å². The molecular weight excluding hydrogens is 524 g/mol. The molecule has 3 aromatic rings. The second-order valence-electron chi connectivity index (χ2n) is 8.28. The number of aromatic nitrogens is 2. The molecule has 0 bridgehead atoms. The van der Waals surface area contributed by atoms with Gasteiger partial charge >= 0.3 is 5.97 Å². The number of nitrogens with zero attached hydrogens (tertiary/aromatic N) is 4. The first-order valence-corrected chi connectivity index (χ1v) is 12.7. The highest BCUT2D eigenvalue weighted by molar-refractivity contribution is 9.10. The third-order valence-corrected chi connectivity index (χ3v) is 6.24. The minimum atomic E-state index is -0.223. The van der Waals surface area contributed by atoms with Crippen LogP contribution in [0.4, 0.5) is 17.2 Å². The van der Waals surface area contributed by atoms with Gasteiger partial charge in [-0.1, -0.05) is 28.1 Å². The van der Waals surface area contributed by atoms with Crippen molar-refractivity contribution in [3.8, 4) is 0 Å². The number of anilines is 3. The number of rotatable bonds is 9. The van der Waals surface area contributed by atoms with E-state index in [1.807, 2.05) is 53.4 Å². The van der Waals surface area contributed by atoms with Gasteiger partial charge in [0.15, 0.2) is 0 Å². The van der Waals surface area contributed by atoms with Crippen LogP contribution in [0.3, 0.4) is 0 Å². The highest BCUT2D eigenvalue weighted by Crippen LogP contribution is 2.26. The molecule has 0 saturated carbocycles. The standard InChI is InChI=1S/C26H29BrN6O3/c1-2-36-25(35)17-32-11-13-33(14-12-32)24(34)7-4-10-28-20-8-9-23-22(16-20)26(30-18-29-23)31-21-6-3-5-19(27)15-21/h3-9,15-16,18,28H,2,10-14,17H2,1H3,(H,29,30,31). The van der Waals surface area contributed by atoms with Crippen molar-refractivity contribution in [2.75, 3.05) is 56.5 Å². The summed E-state index contributed by atoms with van der Waals surface area (Å²) in [6.07, 6.45) is 4.96. The van der Waals surface area contributed by atoms with Gasteiger partial charge in [-0.2, -0.15) is 0 Å². The molecule has 0 aliphatic carbocycles. The van der Waals surface area contributed by atoms with Crippen LogP contribution < -0.4 is 10.6 Å². The fourth-order valence-corrected chi connectivity index (χ4v) is 4.33. The average Bonchev–Trinajstić information content (AvgIpc) is 2.87. The number of hydrogen-bond acceptors (Lipinski definition) is 8. The van der Waals surface area contributed by atoms with Gasteiger partial charge in [-0.25, -0.2) is 9.97 Å². The Morgan fingerprint density at radius 1 is 1.08 bits per heavy atom. The van der Waals surface area contributed by atoms with Crippen molar-refractivity contribution in [1.82, 2.24) is 19.8 Å². The summed E-state index contributed by atoms with van der Waals surface area (Å²) < 4.78 is 5.97. The van der Waals surface area contributed by atoms with Gasteiger partial charge in [-0.15, -0.1) is 0 Å². The maximum absolute atomic E-state index is 12.5. The van der Waals surface area contributed by atoms with E-state index in [9.17, 15) is 9.59 Å². The molecule has 0 radical (unpaired) electrons. The summed E-state index contributed by atoms with van der Waals surface area (Å²) in [6.45, 7) is 5.45. The van der Waals surface area contributed by atoms with Crippen LogP contribution in [0.5, 0.6) is 0 Å². The van der Waals surface area contributed by atoms with Crippen molar-refractivity contribution in [3.05, 3.63) is 65.4 Å². The molecular formula is C26H29BrN6O3. The van der Waals surface area contributed by atoms with E-state index in [0.29, 0.717) is 39.3 Å². The van der Waals surface area contributed by atoms with Gasteiger partial charge in [-0.3, -0.25) is 14.5 Å². The monoisotopic (exact) mass is 552 g/mol. The Labute approximate surface area is 218 Å².